The number of carboxylic acid groups (broad SMARTS) is 1. The minimum atomic E-state index is -0.808. The average molecular weight is 277 g/mol. The molecule has 3 rings (SSSR count). The van der Waals surface area contributed by atoms with E-state index in [2.05, 4.69) is 19.9 Å². The highest BCUT2D eigenvalue weighted by atomic mass is 16.4. The van der Waals surface area contributed by atoms with E-state index in [1.807, 2.05) is 11.0 Å². The van der Waals surface area contributed by atoms with Gasteiger partial charge in [0.05, 0.1) is 11.8 Å². The van der Waals surface area contributed by atoms with E-state index in [4.69, 9.17) is 0 Å². The molecule has 2 aliphatic carbocycles. The fraction of sp³-hybridized carbons (Fsp3) is 0.750. The molecule has 3 aliphatic rings. The van der Waals surface area contributed by atoms with E-state index in [9.17, 15) is 14.7 Å². The van der Waals surface area contributed by atoms with Crippen LogP contribution in [0.4, 0.5) is 0 Å². The molecule has 0 spiro atoms. The van der Waals surface area contributed by atoms with E-state index in [1.165, 1.54) is 0 Å². The van der Waals surface area contributed by atoms with E-state index in [-0.39, 0.29) is 35.7 Å². The number of likely N-dealkylation sites (tertiary alicyclic amines) is 1. The summed E-state index contributed by atoms with van der Waals surface area (Å²) in [6.45, 7) is 4.18. The summed E-state index contributed by atoms with van der Waals surface area (Å²) in [5, 5.41) is 9.48. The zero-order chi connectivity index (χ0) is 14.4. The first-order valence-corrected chi connectivity index (χ1v) is 7.74. The minimum Gasteiger partial charge on any atom is -0.481 e. The van der Waals surface area contributed by atoms with Crippen LogP contribution in [0, 0.1) is 23.7 Å². The highest BCUT2D eigenvalue weighted by molar-refractivity contribution is 5.87. The number of hydrogen-bond donors (Lipinski definition) is 1. The Morgan fingerprint density at radius 1 is 1.05 bits per heavy atom. The molecule has 1 saturated carbocycles. The highest BCUT2D eigenvalue weighted by Gasteiger charge is 2.53. The van der Waals surface area contributed by atoms with Crippen LogP contribution < -0.4 is 0 Å². The van der Waals surface area contributed by atoms with Crippen LogP contribution in [-0.2, 0) is 9.59 Å². The molecule has 2 bridgehead atoms. The molecule has 20 heavy (non-hydrogen) atoms. The summed E-state index contributed by atoms with van der Waals surface area (Å²) < 4.78 is 0. The second kappa shape index (κ2) is 4.90. The molecule has 0 radical (unpaired) electrons. The van der Waals surface area contributed by atoms with Gasteiger partial charge in [-0.2, -0.15) is 0 Å². The minimum absolute atomic E-state index is 0.0573. The monoisotopic (exact) mass is 277 g/mol. The number of carbonyl (C=O) groups is 2. The molecule has 0 aromatic heterocycles. The van der Waals surface area contributed by atoms with Crippen LogP contribution in [-0.4, -0.2) is 34.0 Å². The number of rotatable bonds is 2. The summed E-state index contributed by atoms with van der Waals surface area (Å²) in [5.74, 6) is -1.40. The number of nitrogens with zero attached hydrogens (tertiary/aromatic N) is 1. The van der Waals surface area contributed by atoms with Gasteiger partial charge >= 0.3 is 5.97 Å². The van der Waals surface area contributed by atoms with Crippen LogP contribution in [0.25, 0.3) is 0 Å². The second-order valence-corrected chi connectivity index (χ2v) is 6.71. The van der Waals surface area contributed by atoms with Gasteiger partial charge in [-0.1, -0.05) is 12.2 Å². The maximum atomic E-state index is 13.0. The van der Waals surface area contributed by atoms with Crippen LogP contribution in [0.1, 0.15) is 39.5 Å². The van der Waals surface area contributed by atoms with Crippen molar-refractivity contribution in [1.29, 1.82) is 0 Å². The Bertz CT molecular complexity index is 449. The van der Waals surface area contributed by atoms with Crippen molar-refractivity contribution < 1.29 is 14.7 Å². The lowest BCUT2D eigenvalue weighted by Gasteiger charge is -2.42. The quantitative estimate of drug-likeness (QED) is 0.788. The zero-order valence-corrected chi connectivity index (χ0v) is 12.2. The van der Waals surface area contributed by atoms with Crippen molar-refractivity contribution in [2.75, 3.05) is 0 Å². The van der Waals surface area contributed by atoms with Crippen LogP contribution in [0.2, 0.25) is 0 Å². The Morgan fingerprint density at radius 3 is 2.15 bits per heavy atom. The van der Waals surface area contributed by atoms with Crippen molar-refractivity contribution in [3.8, 4) is 0 Å². The molecular formula is C16H23NO3. The normalized spacial score (nSPS) is 43.0. The van der Waals surface area contributed by atoms with E-state index >= 15 is 0 Å². The molecule has 4 nitrogen and oxygen atoms in total. The number of hydrogen-bond acceptors (Lipinski definition) is 2. The number of carboxylic acids is 1. The molecule has 6 atom stereocenters. The Labute approximate surface area is 119 Å². The predicted molar refractivity (Wildman–Crippen MR) is 75.0 cm³/mol. The molecule has 110 valence electrons. The first kappa shape index (κ1) is 13.7. The summed E-state index contributed by atoms with van der Waals surface area (Å²) in [5.41, 5.74) is 0. The third-order valence-electron chi connectivity index (χ3n) is 5.48. The molecule has 1 heterocycles. The first-order valence-electron chi connectivity index (χ1n) is 7.74. The summed E-state index contributed by atoms with van der Waals surface area (Å²) >= 11 is 0. The van der Waals surface area contributed by atoms with Gasteiger partial charge in [0.2, 0.25) is 5.91 Å². The predicted octanol–water partition coefficient (Wildman–Crippen LogP) is 2.30. The maximum Gasteiger partial charge on any atom is 0.307 e. The average Bonchev–Trinajstić information content (AvgIpc) is 2.98. The van der Waals surface area contributed by atoms with Gasteiger partial charge in [-0.3, -0.25) is 9.59 Å². The number of allylic oxidation sites excluding steroid dienone is 2. The van der Waals surface area contributed by atoms with Crippen molar-refractivity contribution in [1.82, 2.24) is 4.90 Å². The molecule has 2 fully saturated rings. The van der Waals surface area contributed by atoms with Gasteiger partial charge in [0, 0.05) is 12.1 Å². The lowest BCUT2D eigenvalue weighted by molar-refractivity contribution is -0.154. The number of aliphatic carboxylic acids is 1. The van der Waals surface area contributed by atoms with Crippen molar-refractivity contribution >= 4 is 11.9 Å². The number of fused-ring (bicyclic) bond motifs is 2. The van der Waals surface area contributed by atoms with E-state index in [0.29, 0.717) is 0 Å². The Hall–Kier alpha value is -1.32. The fourth-order valence-electron chi connectivity index (χ4n) is 4.52. The zero-order valence-electron chi connectivity index (χ0n) is 12.2. The Morgan fingerprint density at radius 2 is 1.60 bits per heavy atom. The van der Waals surface area contributed by atoms with Gasteiger partial charge < -0.3 is 10.0 Å². The smallest absolute Gasteiger partial charge is 0.307 e. The van der Waals surface area contributed by atoms with Crippen LogP contribution >= 0.6 is 0 Å². The summed E-state index contributed by atoms with van der Waals surface area (Å²) in [4.78, 5) is 26.5. The third kappa shape index (κ3) is 1.97. The lowest BCUT2D eigenvalue weighted by Crippen LogP contribution is -2.52. The maximum absolute atomic E-state index is 13.0. The summed E-state index contributed by atoms with van der Waals surface area (Å²) in [6, 6.07) is 0.479. The topological polar surface area (TPSA) is 57.6 Å². The first-order chi connectivity index (χ1) is 9.50. The van der Waals surface area contributed by atoms with Gasteiger partial charge in [-0.15, -0.1) is 0 Å². The van der Waals surface area contributed by atoms with Crippen LogP contribution in [0.3, 0.4) is 0 Å². The molecule has 0 aromatic rings. The number of piperidine rings is 1. The van der Waals surface area contributed by atoms with E-state index in [1.54, 1.807) is 0 Å². The van der Waals surface area contributed by atoms with Gasteiger partial charge in [0.25, 0.3) is 0 Å². The van der Waals surface area contributed by atoms with Crippen molar-refractivity contribution in [2.24, 2.45) is 23.7 Å². The molecule has 0 aromatic carbocycles. The molecule has 4 unspecified atom stereocenters. The number of amides is 1. The van der Waals surface area contributed by atoms with E-state index in [0.717, 1.165) is 25.7 Å². The van der Waals surface area contributed by atoms with E-state index < -0.39 is 11.9 Å². The van der Waals surface area contributed by atoms with Crippen LogP contribution in [0.15, 0.2) is 12.2 Å². The third-order valence-corrected chi connectivity index (χ3v) is 5.48. The summed E-state index contributed by atoms with van der Waals surface area (Å²) in [6.07, 6.45) is 8.12. The van der Waals surface area contributed by atoms with Gasteiger partial charge in [-0.25, -0.2) is 0 Å². The molecule has 4 heteroatoms. The molecule has 1 saturated heterocycles. The molecular weight excluding hydrogens is 254 g/mol. The van der Waals surface area contributed by atoms with Gasteiger partial charge in [0.1, 0.15) is 0 Å². The standard InChI is InChI=1S/C16H23NO3/c1-9-4-3-5-10(2)17(9)15(18)13-11-6-7-12(8-11)14(13)16(19)20/h6-7,9-14H,3-5,8H2,1-2H3,(H,19,20)/t9-,10+,11?,12?,13?,14?. The summed E-state index contributed by atoms with van der Waals surface area (Å²) in [7, 11) is 0. The molecule has 1 aliphatic heterocycles. The number of carbonyl (C=O) groups excluding carboxylic acids is 1. The molecule has 1 amide bonds. The second-order valence-electron chi connectivity index (χ2n) is 6.71. The SMILES string of the molecule is C[C@@H]1CCC[C@H](C)N1C(=O)C1C2C=CC(C2)C1C(=O)O. The Balaban J connectivity index is 1.86. The lowest BCUT2D eigenvalue weighted by atomic mass is 9.81. The highest BCUT2D eigenvalue weighted by Crippen LogP contribution is 2.49. The Kier molecular flexibility index (Phi) is 3.35. The largest absolute Gasteiger partial charge is 0.481 e. The fourth-order valence-corrected chi connectivity index (χ4v) is 4.52. The van der Waals surface area contributed by atoms with Gasteiger partial charge in [-0.05, 0) is 51.4 Å². The molecule has 1 N–H and O–H groups in total. The van der Waals surface area contributed by atoms with Crippen molar-refractivity contribution in [3.05, 3.63) is 12.2 Å². The van der Waals surface area contributed by atoms with Crippen LogP contribution in [0.5, 0.6) is 0 Å². The van der Waals surface area contributed by atoms with Crippen molar-refractivity contribution in [3.63, 3.8) is 0 Å². The van der Waals surface area contributed by atoms with Gasteiger partial charge in [0.15, 0.2) is 0 Å². The van der Waals surface area contributed by atoms with Crippen molar-refractivity contribution in [2.45, 2.75) is 51.6 Å².